The van der Waals surface area contributed by atoms with Gasteiger partial charge in [0.15, 0.2) is 0 Å². The van der Waals surface area contributed by atoms with E-state index in [2.05, 4.69) is 15.8 Å². The van der Waals surface area contributed by atoms with Crippen molar-refractivity contribution in [2.45, 2.75) is 6.42 Å². The summed E-state index contributed by atoms with van der Waals surface area (Å²) in [5, 5.41) is 0.963. The monoisotopic (exact) mass is 324 g/mol. The van der Waals surface area contributed by atoms with Gasteiger partial charge in [-0.15, -0.1) is 0 Å². The highest BCUT2D eigenvalue weighted by molar-refractivity contribution is 5.96. The quantitative estimate of drug-likeness (QED) is 0.624. The Bertz CT molecular complexity index is 971. The molecule has 2 amide bonds. The molecule has 0 aliphatic carbocycles. The molecular formula is C17H16N4O3. The molecule has 0 fully saturated rings. The highest BCUT2D eigenvalue weighted by Gasteiger charge is 2.11. The molecule has 2 aromatic heterocycles. The Labute approximate surface area is 137 Å². The van der Waals surface area contributed by atoms with Crippen LogP contribution in [0.15, 0.2) is 53.6 Å². The minimum atomic E-state index is -0.542. The van der Waals surface area contributed by atoms with Crippen LogP contribution in [-0.2, 0) is 18.3 Å². The first kappa shape index (κ1) is 15.5. The van der Waals surface area contributed by atoms with E-state index < -0.39 is 5.91 Å². The molecule has 0 aliphatic rings. The van der Waals surface area contributed by atoms with Crippen LogP contribution in [0.3, 0.4) is 0 Å². The second-order valence-corrected chi connectivity index (χ2v) is 5.40. The zero-order chi connectivity index (χ0) is 17.1. The summed E-state index contributed by atoms with van der Waals surface area (Å²) in [5.74, 6) is -0.892. The normalized spacial score (nSPS) is 10.5. The van der Waals surface area contributed by atoms with E-state index in [0.29, 0.717) is 0 Å². The predicted molar refractivity (Wildman–Crippen MR) is 89.3 cm³/mol. The number of carbonyl (C=O) groups excluding carboxylic acids is 2. The number of amides is 2. The Morgan fingerprint density at radius 2 is 1.96 bits per heavy atom. The number of para-hydroxylation sites is 1. The Morgan fingerprint density at radius 1 is 1.17 bits per heavy atom. The van der Waals surface area contributed by atoms with Crippen molar-refractivity contribution in [3.63, 3.8) is 0 Å². The van der Waals surface area contributed by atoms with Gasteiger partial charge in [0, 0.05) is 42.0 Å². The van der Waals surface area contributed by atoms with Gasteiger partial charge in [-0.3, -0.25) is 25.2 Å². The van der Waals surface area contributed by atoms with E-state index in [1.807, 2.05) is 24.3 Å². The lowest BCUT2D eigenvalue weighted by Gasteiger charge is -2.07. The molecule has 1 aromatic carbocycles. The Kier molecular flexibility index (Phi) is 4.15. The molecule has 3 N–H and O–H groups in total. The van der Waals surface area contributed by atoms with E-state index in [0.717, 1.165) is 16.5 Å². The second-order valence-electron chi connectivity index (χ2n) is 5.40. The van der Waals surface area contributed by atoms with Crippen molar-refractivity contribution in [1.29, 1.82) is 0 Å². The number of hydrogen-bond donors (Lipinski definition) is 3. The van der Waals surface area contributed by atoms with Crippen molar-refractivity contribution in [3.8, 4) is 0 Å². The van der Waals surface area contributed by atoms with Crippen LogP contribution in [0.1, 0.15) is 15.9 Å². The maximum Gasteiger partial charge on any atom is 0.269 e. The molecule has 0 spiro atoms. The van der Waals surface area contributed by atoms with E-state index in [4.69, 9.17) is 0 Å². The molecule has 24 heavy (non-hydrogen) atoms. The van der Waals surface area contributed by atoms with Crippen molar-refractivity contribution < 1.29 is 9.59 Å². The van der Waals surface area contributed by atoms with Gasteiger partial charge >= 0.3 is 0 Å². The summed E-state index contributed by atoms with van der Waals surface area (Å²) in [7, 11) is 1.59. The first-order valence-electron chi connectivity index (χ1n) is 7.35. The van der Waals surface area contributed by atoms with Crippen LogP contribution < -0.4 is 16.4 Å². The largest absolute Gasteiger partial charge is 0.361 e. The SMILES string of the molecule is Cn1ccc(C(=O)NNC(=O)Cc2c[nH]c3ccccc23)cc1=O. The van der Waals surface area contributed by atoms with Gasteiger partial charge in [0.25, 0.3) is 11.5 Å². The lowest BCUT2D eigenvalue weighted by molar-refractivity contribution is -0.121. The summed E-state index contributed by atoms with van der Waals surface area (Å²) in [6.45, 7) is 0. The number of nitrogens with one attached hydrogen (secondary N) is 3. The Balaban J connectivity index is 1.62. The van der Waals surface area contributed by atoms with E-state index in [9.17, 15) is 14.4 Å². The van der Waals surface area contributed by atoms with Gasteiger partial charge in [-0.25, -0.2) is 0 Å². The number of aromatic amines is 1. The number of fused-ring (bicyclic) bond motifs is 1. The van der Waals surface area contributed by atoms with Crippen molar-refractivity contribution >= 4 is 22.7 Å². The van der Waals surface area contributed by atoms with E-state index >= 15 is 0 Å². The maximum absolute atomic E-state index is 12.0. The number of hydrogen-bond acceptors (Lipinski definition) is 3. The van der Waals surface area contributed by atoms with Gasteiger partial charge in [0.2, 0.25) is 5.91 Å². The minimum absolute atomic E-state index is 0.126. The summed E-state index contributed by atoms with van der Waals surface area (Å²) in [5.41, 5.74) is 6.34. The van der Waals surface area contributed by atoms with Crippen LogP contribution in [0.5, 0.6) is 0 Å². The average molecular weight is 324 g/mol. The molecule has 122 valence electrons. The maximum atomic E-state index is 12.0. The average Bonchev–Trinajstić information content (AvgIpc) is 2.98. The van der Waals surface area contributed by atoms with E-state index in [1.165, 1.54) is 22.9 Å². The number of nitrogens with zero attached hydrogens (tertiary/aromatic N) is 1. The Morgan fingerprint density at radius 3 is 2.75 bits per heavy atom. The molecule has 0 aliphatic heterocycles. The molecule has 3 aromatic rings. The fraction of sp³-hybridized carbons (Fsp3) is 0.118. The zero-order valence-electron chi connectivity index (χ0n) is 13.0. The molecule has 0 bridgehead atoms. The van der Waals surface area contributed by atoms with Gasteiger partial charge in [-0.1, -0.05) is 18.2 Å². The lowest BCUT2D eigenvalue weighted by Crippen LogP contribution is -2.42. The molecule has 0 saturated carbocycles. The van der Waals surface area contributed by atoms with Gasteiger partial charge in [-0.2, -0.15) is 0 Å². The number of hydrazine groups is 1. The molecule has 7 heteroatoms. The molecule has 2 heterocycles. The molecule has 0 atom stereocenters. The third kappa shape index (κ3) is 3.19. The van der Waals surface area contributed by atoms with Crippen LogP contribution in [0, 0.1) is 0 Å². The molecule has 3 rings (SSSR count). The van der Waals surface area contributed by atoms with Gasteiger partial charge in [0.1, 0.15) is 0 Å². The van der Waals surface area contributed by atoms with Crippen LogP contribution in [0.2, 0.25) is 0 Å². The number of H-pyrrole nitrogens is 1. The molecular weight excluding hydrogens is 308 g/mol. The van der Waals surface area contributed by atoms with Crippen molar-refractivity contribution in [1.82, 2.24) is 20.4 Å². The summed E-state index contributed by atoms with van der Waals surface area (Å²) in [4.78, 5) is 38.6. The standard InChI is InChI=1S/C17H16N4O3/c1-21-7-6-11(9-16(21)23)17(24)20-19-15(22)8-12-10-18-14-5-3-2-4-13(12)14/h2-7,9-10,18H,8H2,1H3,(H,19,22)(H,20,24). The van der Waals surface area contributed by atoms with Crippen molar-refractivity contribution in [2.75, 3.05) is 0 Å². The fourth-order valence-electron chi connectivity index (χ4n) is 2.38. The summed E-state index contributed by atoms with van der Waals surface area (Å²) in [6.07, 6.45) is 3.39. The summed E-state index contributed by atoms with van der Waals surface area (Å²) >= 11 is 0. The van der Waals surface area contributed by atoms with Crippen molar-refractivity contribution in [3.05, 3.63) is 70.3 Å². The highest BCUT2D eigenvalue weighted by atomic mass is 16.2. The predicted octanol–water partition coefficient (Wildman–Crippen LogP) is 0.870. The van der Waals surface area contributed by atoms with Gasteiger partial charge < -0.3 is 9.55 Å². The molecule has 0 unspecified atom stereocenters. The number of carbonyl (C=O) groups is 2. The van der Waals surface area contributed by atoms with Crippen LogP contribution in [-0.4, -0.2) is 21.4 Å². The minimum Gasteiger partial charge on any atom is -0.361 e. The van der Waals surface area contributed by atoms with E-state index in [-0.39, 0.29) is 23.5 Å². The topological polar surface area (TPSA) is 96.0 Å². The van der Waals surface area contributed by atoms with Crippen molar-refractivity contribution in [2.24, 2.45) is 7.05 Å². The van der Waals surface area contributed by atoms with Gasteiger partial charge in [0.05, 0.1) is 6.42 Å². The summed E-state index contributed by atoms with van der Waals surface area (Å²) in [6, 6.07) is 10.4. The summed E-state index contributed by atoms with van der Waals surface area (Å²) < 4.78 is 1.35. The number of benzene rings is 1. The number of rotatable bonds is 3. The highest BCUT2D eigenvalue weighted by Crippen LogP contribution is 2.17. The van der Waals surface area contributed by atoms with Crippen LogP contribution in [0.25, 0.3) is 10.9 Å². The molecule has 7 nitrogen and oxygen atoms in total. The Hall–Kier alpha value is -3.35. The number of pyridine rings is 1. The van der Waals surface area contributed by atoms with Gasteiger partial charge in [-0.05, 0) is 17.7 Å². The first-order chi connectivity index (χ1) is 11.5. The third-order valence-corrected chi connectivity index (χ3v) is 3.71. The van der Waals surface area contributed by atoms with E-state index in [1.54, 1.807) is 13.2 Å². The second kappa shape index (κ2) is 6.41. The molecule has 0 saturated heterocycles. The number of aryl methyl sites for hydroxylation is 1. The third-order valence-electron chi connectivity index (χ3n) is 3.71. The smallest absolute Gasteiger partial charge is 0.269 e. The first-order valence-corrected chi connectivity index (χ1v) is 7.35. The zero-order valence-corrected chi connectivity index (χ0v) is 13.0. The fourth-order valence-corrected chi connectivity index (χ4v) is 2.38. The van der Waals surface area contributed by atoms with Crippen LogP contribution in [0.4, 0.5) is 0 Å². The lowest BCUT2D eigenvalue weighted by atomic mass is 10.1. The number of aromatic nitrogens is 2. The van der Waals surface area contributed by atoms with Crippen LogP contribution >= 0.6 is 0 Å². The molecule has 0 radical (unpaired) electrons.